The molecule has 1 heterocycles. The highest BCUT2D eigenvalue weighted by Crippen LogP contribution is 2.18. The number of hydrogen-bond donors (Lipinski definition) is 2. The third kappa shape index (κ3) is 1.70. The summed E-state index contributed by atoms with van der Waals surface area (Å²) < 4.78 is 28.9. The van der Waals surface area contributed by atoms with E-state index in [9.17, 15) is 18.0 Å². The summed E-state index contributed by atoms with van der Waals surface area (Å²) in [4.78, 5) is 20.9. The lowest BCUT2D eigenvalue weighted by Gasteiger charge is -2.00. The Morgan fingerprint density at radius 2 is 2.00 bits per heavy atom. The van der Waals surface area contributed by atoms with Gasteiger partial charge in [0.1, 0.15) is 0 Å². The largest absolute Gasteiger partial charge is 0.321 e. The van der Waals surface area contributed by atoms with E-state index >= 15 is 0 Å². The van der Waals surface area contributed by atoms with Crippen LogP contribution < -0.4 is 5.32 Å². The summed E-state index contributed by atoms with van der Waals surface area (Å²) in [6.45, 7) is 0. The number of hydrogen-bond acceptors (Lipinski definition) is 5. The van der Waals surface area contributed by atoms with E-state index in [-0.39, 0.29) is 11.8 Å². The third-order valence-electron chi connectivity index (χ3n) is 0.954. The Bertz CT molecular complexity index is 306. The summed E-state index contributed by atoms with van der Waals surface area (Å²) in [5.41, 5.74) is 0. The van der Waals surface area contributed by atoms with Crippen molar-refractivity contribution >= 4 is 32.2 Å². The molecule has 0 aromatic carbocycles. The molecule has 1 aliphatic rings. The molecule has 0 spiro atoms. The van der Waals surface area contributed by atoms with Crippen molar-refractivity contribution in [3.63, 3.8) is 0 Å². The highest BCUT2D eigenvalue weighted by molar-refractivity contribution is 8.27. The van der Waals surface area contributed by atoms with E-state index in [0.717, 1.165) is 0 Å². The van der Waals surface area contributed by atoms with Gasteiger partial charge in [0.15, 0.2) is 0 Å². The van der Waals surface area contributed by atoms with Crippen LogP contribution in [0.2, 0.25) is 0 Å². The first-order valence-electron chi connectivity index (χ1n) is 2.40. The van der Waals surface area contributed by atoms with Gasteiger partial charge in [-0.25, -0.2) is 0 Å². The molecule has 0 radical (unpaired) electrons. The van der Waals surface area contributed by atoms with Crippen molar-refractivity contribution < 1.29 is 22.6 Å². The molecule has 11 heavy (non-hydrogen) atoms. The van der Waals surface area contributed by atoms with Gasteiger partial charge in [0, 0.05) is 11.8 Å². The van der Waals surface area contributed by atoms with Crippen molar-refractivity contribution in [1.82, 2.24) is 5.32 Å². The zero-order valence-corrected chi connectivity index (χ0v) is 6.61. The minimum Gasteiger partial charge on any atom is -0.321 e. The first-order chi connectivity index (χ1) is 4.91. The molecule has 62 valence electrons. The average Bonchev–Trinajstić information content (AvgIpc) is 2.08. The van der Waals surface area contributed by atoms with Crippen molar-refractivity contribution in [2.24, 2.45) is 0 Å². The van der Waals surface area contributed by atoms with E-state index in [0.29, 0.717) is 0 Å². The minimum atomic E-state index is -4.49. The second-order valence-corrected chi connectivity index (χ2v) is 4.23. The fourth-order valence-electron chi connectivity index (χ4n) is 0.536. The van der Waals surface area contributed by atoms with E-state index in [2.05, 4.69) is 0 Å². The molecule has 8 heteroatoms. The lowest BCUT2D eigenvalue weighted by Crippen LogP contribution is -2.36. The Morgan fingerprint density at radius 3 is 2.18 bits per heavy atom. The Balaban J connectivity index is 2.94. The van der Waals surface area contributed by atoms with E-state index in [4.69, 9.17) is 4.55 Å². The minimum absolute atomic E-state index is 0.227. The highest BCUT2D eigenvalue weighted by Gasteiger charge is 2.40. The topological polar surface area (TPSA) is 101 Å². The van der Waals surface area contributed by atoms with Crippen LogP contribution in [-0.4, -0.2) is 28.7 Å². The van der Waals surface area contributed by atoms with E-state index in [1.54, 1.807) is 5.32 Å². The number of nitrogens with one attached hydrogen (secondary N) is 1. The normalized spacial score (nSPS) is 25.4. The van der Waals surface area contributed by atoms with Crippen molar-refractivity contribution in [3.8, 4) is 0 Å². The van der Waals surface area contributed by atoms with Gasteiger partial charge in [0.25, 0.3) is 15.4 Å². The maximum absolute atomic E-state index is 10.6. The van der Waals surface area contributed by atoms with E-state index in [1.165, 1.54) is 0 Å². The Kier molecular flexibility index (Phi) is 1.90. The number of carbonyl (C=O) groups is 2. The van der Waals surface area contributed by atoms with Crippen LogP contribution in [0.25, 0.3) is 0 Å². The SMILES string of the molecule is O=C1NC(S(=O)(=O)O)C(=O)S1. The van der Waals surface area contributed by atoms with Crippen LogP contribution >= 0.6 is 11.8 Å². The zero-order valence-electron chi connectivity index (χ0n) is 4.97. The van der Waals surface area contributed by atoms with Gasteiger partial charge in [-0.1, -0.05) is 0 Å². The summed E-state index contributed by atoms with van der Waals surface area (Å²) in [7, 11) is -4.49. The molecule has 1 fully saturated rings. The van der Waals surface area contributed by atoms with Gasteiger partial charge < -0.3 is 5.32 Å². The van der Waals surface area contributed by atoms with Crippen LogP contribution in [-0.2, 0) is 14.9 Å². The standard InChI is InChI=1S/C3H3NO5S2/c5-2-1(11(7,8)9)4-3(6)10-2/h1H,(H,4,6)(H,7,8,9). The molecule has 1 aliphatic heterocycles. The maximum atomic E-state index is 10.6. The quantitative estimate of drug-likeness (QED) is 0.533. The van der Waals surface area contributed by atoms with Crippen molar-refractivity contribution in [2.75, 3.05) is 0 Å². The molecule has 1 amide bonds. The smallest absolute Gasteiger partial charge is 0.294 e. The second kappa shape index (κ2) is 2.47. The number of rotatable bonds is 1. The second-order valence-electron chi connectivity index (χ2n) is 1.75. The molecule has 0 bridgehead atoms. The molecule has 1 rings (SSSR count). The zero-order chi connectivity index (χ0) is 8.65. The van der Waals surface area contributed by atoms with Crippen LogP contribution in [0.15, 0.2) is 0 Å². The Morgan fingerprint density at radius 1 is 1.45 bits per heavy atom. The number of thioether (sulfide) groups is 1. The molecular weight excluding hydrogens is 194 g/mol. The summed E-state index contributed by atoms with van der Waals surface area (Å²) in [6.07, 6.45) is 0. The van der Waals surface area contributed by atoms with Crippen LogP contribution in [0.4, 0.5) is 4.79 Å². The van der Waals surface area contributed by atoms with E-state index < -0.39 is 25.8 Å². The molecule has 2 N–H and O–H groups in total. The molecule has 0 aromatic rings. The lowest BCUT2D eigenvalue weighted by molar-refractivity contribution is -0.110. The molecule has 0 aliphatic carbocycles. The molecule has 1 saturated heterocycles. The van der Waals surface area contributed by atoms with Crippen LogP contribution in [0.5, 0.6) is 0 Å². The maximum Gasteiger partial charge on any atom is 0.294 e. The number of carbonyl (C=O) groups excluding carboxylic acids is 2. The summed E-state index contributed by atoms with van der Waals surface area (Å²) in [5.74, 6) is 0. The van der Waals surface area contributed by atoms with Gasteiger partial charge in [0.2, 0.25) is 10.5 Å². The molecule has 0 saturated carbocycles. The highest BCUT2D eigenvalue weighted by atomic mass is 32.2. The van der Waals surface area contributed by atoms with Gasteiger partial charge in [-0.3, -0.25) is 14.1 Å². The van der Waals surface area contributed by atoms with Crippen LogP contribution in [0.1, 0.15) is 0 Å². The molecule has 0 aromatic heterocycles. The fraction of sp³-hybridized carbons (Fsp3) is 0.333. The fourth-order valence-corrected chi connectivity index (χ4v) is 2.14. The predicted octanol–water partition coefficient (Wildman–Crippen LogP) is -0.817. The van der Waals surface area contributed by atoms with Crippen molar-refractivity contribution in [1.29, 1.82) is 0 Å². The van der Waals surface area contributed by atoms with Crippen LogP contribution in [0.3, 0.4) is 0 Å². The first-order valence-corrected chi connectivity index (χ1v) is 4.72. The van der Waals surface area contributed by atoms with Crippen molar-refractivity contribution in [3.05, 3.63) is 0 Å². The molecule has 1 atom stereocenters. The molecule has 1 unspecified atom stereocenters. The van der Waals surface area contributed by atoms with Crippen molar-refractivity contribution in [2.45, 2.75) is 5.37 Å². The monoisotopic (exact) mass is 197 g/mol. The Labute approximate surface area is 66.1 Å². The van der Waals surface area contributed by atoms with Gasteiger partial charge in [-0.2, -0.15) is 8.42 Å². The van der Waals surface area contributed by atoms with Crippen LogP contribution in [0, 0.1) is 0 Å². The lowest BCUT2D eigenvalue weighted by atomic mass is 10.7. The van der Waals surface area contributed by atoms with Gasteiger partial charge in [0.05, 0.1) is 0 Å². The summed E-state index contributed by atoms with van der Waals surface area (Å²) in [5, 5.41) is -1.68. The number of amides is 1. The summed E-state index contributed by atoms with van der Waals surface area (Å²) >= 11 is 0.227. The molecule has 6 nitrogen and oxygen atoms in total. The first kappa shape index (κ1) is 8.50. The third-order valence-corrected chi connectivity index (χ3v) is 2.77. The van der Waals surface area contributed by atoms with Gasteiger partial charge >= 0.3 is 0 Å². The van der Waals surface area contributed by atoms with Gasteiger partial charge in [-0.05, 0) is 0 Å². The summed E-state index contributed by atoms with van der Waals surface area (Å²) in [6, 6.07) is 0. The predicted molar refractivity (Wildman–Crippen MR) is 36.5 cm³/mol. The van der Waals surface area contributed by atoms with E-state index in [1.807, 2.05) is 0 Å². The van der Waals surface area contributed by atoms with Gasteiger partial charge in [-0.15, -0.1) is 0 Å². The average molecular weight is 197 g/mol. The molecular formula is C3H3NO5S2. The Hall–Kier alpha value is -0.600.